The third kappa shape index (κ3) is 4.05. The van der Waals surface area contributed by atoms with Crippen LogP contribution >= 0.6 is 0 Å². The number of nitrogens with zero attached hydrogens (tertiary/aromatic N) is 2. The van der Waals surface area contributed by atoms with Gasteiger partial charge in [0.1, 0.15) is 11.9 Å². The number of hydrogen-bond acceptors (Lipinski definition) is 6. The molecule has 0 saturated carbocycles. The smallest absolute Gasteiger partial charge is 0.414 e. The van der Waals surface area contributed by atoms with E-state index in [2.05, 4.69) is 4.90 Å². The summed E-state index contributed by atoms with van der Waals surface area (Å²) in [6, 6.07) is 11.5. The molecule has 1 amide bonds. The van der Waals surface area contributed by atoms with Gasteiger partial charge in [-0.1, -0.05) is 6.07 Å². The van der Waals surface area contributed by atoms with Gasteiger partial charge >= 0.3 is 6.09 Å². The Morgan fingerprint density at radius 3 is 2.58 bits per heavy atom. The Hall–Kier alpha value is -2.84. The molecular weight excluding hydrogens is 403 g/mol. The molecule has 0 bridgehead atoms. The molecule has 2 aromatic rings. The van der Waals surface area contributed by atoms with Crippen molar-refractivity contribution in [1.29, 1.82) is 0 Å². The molecule has 31 heavy (non-hydrogen) atoms. The van der Waals surface area contributed by atoms with Crippen LogP contribution in [-0.4, -0.2) is 55.2 Å². The highest BCUT2D eigenvalue weighted by atomic mass is 19.1. The standard InChI is InChI=1S/C23H25FN2O5/c24-17-2-4-18(5-3-17)26-14-19(31-22(26)27)7-10-25-11-8-23(28,9-12-25)16-1-6-20-21(13-16)30-15-29-20/h1-6,13,19,28H,7-12,14-15H2. The molecule has 3 heterocycles. The summed E-state index contributed by atoms with van der Waals surface area (Å²) in [5, 5.41) is 11.2. The van der Waals surface area contributed by atoms with Crippen LogP contribution in [0.3, 0.4) is 0 Å². The van der Waals surface area contributed by atoms with Crippen molar-refractivity contribution in [1.82, 2.24) is 4.90 Å². The van der Waals surface area contributed by atoms with E-state index in [0.29, 0.717) is 43.0 Å². The minimum absolute atomic E-state index is 0.202. The highest BCUT2D eigenvalue weighted by Crippen LogP contribution is 2.39. The highest BCUT2D eigenvalue weighted by molar-refractivity contribution is 5.89. The second-order valence-electron chi connectivity index (χ2n) is 8.32. The molecule has 5 rings (SSSR count). The van der Waals surface area contributed by atoms with E-state index in [9.17, 15) is 14.3 Å². The number of carbonyl (C=O) groups excluding carboxylic acids is 1. The minimum Gasteiger partial charge on any atom is -0.454 e. The predicted octanol–water partition coefficient (Wildman–Crippen LogP) is 3.25. The number of cyclic esters (lactones) is 1. The number of halogens is 1. The van der Waals surface area contributed by atoms with Crippen LogP contribution in [-0.2, 0) is 10.3 Å². The van der Waals surface area contributed by atoms with E-state index in [1.807, 2.05) is 18.2 Å². The molecule has 2 fully saturated rings. The van der Waals surface area contributed by atoms with Gasteiger partial charge in [0.05, 0.1) is 12.1 Å². The number of rotatable bonds is 5. The fourth-order valence-corrected chi connectivity index (χ4v) is 4.45. The van der Waals surface area contributed by atoms with Crippen molar-refractivity contribution in [2.45, 2.75) is 31.0 Å². The van der Waals surface area contributed by atoms with Gasteiger partial charge in [0.15, 0.2) is 11.5 Å². The van der Waals surface area contributed by atoms with Gasteiger partial charge in [-0.2, -0.15) is 0 Å². The van der Waals surface area contributed by atoms with Gasteiger partial charge in [0.2, 0.25) is 6.79 Å². The first-order valence-corrected chi connectivity index (χ1v) is 10.6. The number of benzene rings is 2. The van der Waals surface area contributed by atoms with Crippen molar-refractivity contribution in [2.24, 2.45) is 0 Å². The fourth-order valence-electron chi connectivity index (χ4n) is 4.45. The molecule has 2 saturated heterocycles. The zero-order valence-electron chi connectivity index (χ0n) is 17.1. The summed E-state index contributed by atoms with van der Waals surface area (Å²) in [7, 11) is 0. The van der Waals surface area contributed by atoms with E-state index < -0.39 is 11.7 Å². The summed E-state index contributed by atoms with van der Waals surface area (Å²) < 4.78 is 29.4. The lowest BCUT2D eigenvalue weighted by molar-refractivity contribution is -0.0276. The van der Waals surface area contributed by atoms with E-state index in [4.69, 9.17) is 14.2 Å². The van der Waals surface area contributed by atoms with E-state index in [0.717, 1.165) is 25.2 Å². The molecule has 0 aromatic heterocycles. The second kappa shape index (κ2) is 8.01. The van der Waals surface area contributed by atoms with Crippen LogP contribution in [0.15, 0.2) is 42.5 Å². The van der Waals surface area contributed by atoms with Crippen molar-refractivity contribution < 1.29 is 28.5 Å². The first-order valence-electron chi connectivity index (χ1n) is 10.6. The Bertz CT molecular complexity index is 959. The van der Waals surface area contributed by atoms with Crippen molar-refractivity contribution in [3.8, 4) is 11.5 Å². The molecular formula is C23H25FN2O5. The van der Waals surface area contributed by atoms with Crippen molar-refractivity contribution in [2.75, 3.05) is 37.9 Å². The second-order valence-corrected chi connectivity index (χ2v) is 8.32. The maximum absolute atomic E-state index is 13.1. The molecule has 1 unspecified atom stereocenters. The number of ether oxygens (including phenoxy) is 3. The molecule has 0 spiro atoms. The number of piperidine rings is 1. The van der Waals surface area contributed by atoms with Gasteiger partial charge in [-0.25, -0.2) is 9.18 Å². The third-order valence-corrected chi connectivity index (χ3v) is 6.37. The zero-order chi connectivity index (χ0) is 21.4. The molecule has 7 nitrogen and oxygen atoms in total. The van der Waals surface area contributed by atoms with Crippen LogP contribution in [0.1, 0.15) is 24.8 Å². The minimum atomic E-state index is -0.878. The molecule has 3 aliphatic heterocycles. The molecule has 3 aliphatic rings. The maximum Gasteiger partial charge on any atom is 0.414 e. The predicted molar refractivity (Wildman–Crippen MR) is 111 cm³/mol. The molecule has 8 heteroatoms. The fraction of sp³-hybridized carbons (Fsp3) is 0.435. The lowest BCUT2D eigenvalue weighted by Gasteiger charge is -2.38. The SMILES string of the molecule is O=C1OC(CCN2CCC(O)(c3ccc4c(c3)OCO4)CC2)CN1c1ccc(F)cc1. The largest absolute Gasteiger partial charge is 0.454 e. The Morgan fingerprint density at radius 2 is 1.81 bits per heavy atom. The average molecular weight is 428 g/mol. The van der Waals surface area contributed by atoms with Gasteiger partial charge in [-0.15, -0.1) is 0 Å². The highest BCUT2D eigenvalue weighted by Gasteiger charge is 2.36. The maximum atomic E-state index is 13.1. The summed E-state index contributed by atoms with van der Waals surface area (Å²) in [5.41, 5.74) is 0.619. The lowest BCUT2D eigenvalue weighted by atomic mass is 9.84. The number of likely N-dealkylation sites (tertiary alicyclic amines) is 1. The Kier molecular flexibility index (Phi) is 5.19. The number of amides is 1. The Labute approximate surface area is 179 Å². The van der Waals surface area contributed by atoms with Crippen LogP contribution in [0.25, 0.3) is 0 Å². The summed E-state index contributed by atoms with van der Waals surface area (Å²) in [4.78, 5) is 16.0. The normalized spacial score (nSPS) is 22.6. The molecule has 1 atom stereocenters. The molecule has 164 valence electrons. The van der Waals surface area contributed by atoms with Crippen molar-refractivity contribution >= 4 is 11.8 Å². The molecule has 0 aliphatic carbocycles. The lowest BCUT2D eigenvalue weighted by Crippen LogP contribution is -2.43. The number of hydrogen-bond donors (Lipinski definition) is 1. The van der Waals surface area contributed by atoms with Crippen molar-refractivity contribution in [3.05, 3.63) is 53.8 Å². The van der Waals surface area contributed by atoms with E-state index >= 15 is 0 Å². The summed E-state index contributed by atoms with van der Waals surface area (Å²) in [6.07, 6.45) is 1.36. The van der Waals surface area contributed by atoms with Crippen LogP contribution in [0.4, 0.5) is 14.9 Å². The first-order chi connectivity index (χ1) is 15.0. The van der Waals surface area contributed by atoms with Crippen LogP contribution < -0.4 is 14.4 Å². The average Bonchev–Trinajstić information content (AvgIpc) is 3.40. The summed E-state index contributed by atoms with van der Waals surface area (Å²) >= 11 is 0. The van der Waals surface area contributed by atoms with E-state index in [1.54, 1.807) is 17.0 Å². The Balaban J connectivity index is 1.13. The van der Waals surface area contributed by atoms with Gasteiger partial charge in [-0.05, 0) is 61.2 Å². The van der Waals surface area contributed by atoms with E-state index in [-0.39, 0.29) is 18.7 Å². The molecule has 0 radical (unpaired) electrons. The monoisotopic (exact) mass is 428 g/mol. The quantitative estimate of drug-likeness (QED) is 0.788. The van der Waals surface area contributed by atoms with Crippen LogP contribution in [0.2, 0.25) is 0 Å². The topological polar surface area (TPSA) is 71.5 Å². The van der Waals surface area contributed by atoms with Gasteiger partial charge in [0, 0.05) is 25.3 Å². The summed E-state index contributed by atoms with van der Waals surface area (Å²) in [6.45, 7) is 2.97. The van der Waals surface area contributed by atoms with E-state index in [1.165, 1.54) is 12.1 Å². The zero-order valence-corrected chi connectivity index (χ0v) is 17.1. The Morgan fingerprint density at radius 1 is 1.06 bits per heavy atom. The number of anilines is 1. The molecule has 2 aromatic carbocycles. The van der Waals surface area contributed by atoms with Gasteiger partial charge in [-0.3, -0.25) is 4.90 Å². The van der Waals surface area contributed by atoms with Crippen LogP contribution in [0, 0.1) is 5.82 Å². The molecule has 1 N–H and O–H groups in total. The van der Waals surface area contributed by atoms with Crippen LogP contribution in [0.5, 0.6) is 11.5 Å². The summed E-state index contributed by atoms with van der Waals surface area (Å²) in [5.74, 6) is 1.06. The number of aliphatic hydroxyl groups is 1. The number of fused-ring (bicyclic) bond motifs is 1. The first kappa shape index (κ1) is 20.1. The number of carbonyl (C=O) groups is 1. The van der Waals surface area contributed by atoms with Gasteiger partial charge in [0.25, 0.3) is 0 Å². The van der Waals surface area contributed by atoms with Crippen molar-refractivity contribution in [3.63, 3.8) is 0 Å². The third-order valence-electron chi connectivity index (χ3n) is 6.37. The van der Waals surface area contributed by atoms with Gasteiger partial charge < -0.3 is 24.2 Å².